The lowest BCUT2D eigenvalue weighted by molar-refractivity contribution is -0.135. The Morgan fingerprint density at radius 2 is 1.58 bits per heavy atom. The van der Waals surface area contributed by atoms with Gasteiger partial charge in [-0.05, 0) is 77.8 Å². The van der Waals surface area contributed by atoms with Crippen LogP contribution in [0, 0.1) is 20.8 Å². The van der Waals surface area contributed by atoms with Crippen molar-refractivity contribution in [3.8, 4) is 0 Å². The molecule has 0 aliphatic carbocycles. The maximum Gasteiger partial charge on any atom is 0.283 e. The van der Waals surface area contributed by atoms with Crippen LogP contribution in [-0.4, -0.2) is 32.7 Å². The minimum Gasteiger partial charge on any atom is -0.289 e. The SMILES string of the molecule is CC(=CC(=O)c1cccc(C)c1C)C(=O)N(Cl)N(C(=O)c1cccc(C)c1)C(C)(C)C. The minimum atomic E-state index is -0.782. The highest BCUT2D eigenvalue weighted by Gasteiger charge is 2.35. The van der Waals surface area contributed by atoms with Gasteiger partial charge in [0.2, 0.25) is 0 Å². The van der Waals surface area contributed by atoms with Gasteiger partial charge in [0.15, 0.2) is 5.78 Å². The molecule has 0 bridgehead atoms. The second-order valence-corrected chi connectivity index (χ2v) is 8.98. The third kappa shape index (κ3) is 5.61. The van der Waals surface area contributed by atoms with Crippen molar-refractivity contribution < 1.29 is 14.4 Å². The number of carbonyl (C=O) groups is 3. The van der Waals surface area contributed by atoms with Crippen LogP contribution in [0.15, 0.2) is 54.1 Å². The van der Waals surface area contributed by atoms with Crippen molar-refractivity contribution in [1.29, 1.82) is 0 Å². The Bertz CT molecular complexity index is 1050. The zero-order valence-electron chi connectivity index (χ0n) is 19.1. The van der Waals surface area contributed by atoms with E-state index in [1.165, 1.54) is 18.0 Å². The summed E-state index contributed by atoms with van der Waals surface area (Å²) in [5.74, 6) is -1.34. The Morgan fingerprint density at radius 1 is 0.968 bits per heavy atom. The van der Waals surface area contributed by atoms with Crippen LogP contribution in [0.2, 0.25) is 0 Å². The maximum atomic E-state index is 13.2. The van der Waals surface area contributed by atoms with Crippen LogP contribution in [0.5, 0.6) is 0 Å². The minimum absolute atomic E-state index is 0.132. The van der Waals surface area contributed by atoms with Gasteiger partial charge in [-0.2, -0.15) is 4.53 Å². The number of halogens is 1. The lowest BCUT2D eigenvalue weighted by atomic mass is 9.99. The van der Waals surface area contributed by atoms with E-state index in [9.17, 15) is 14.4 Å². The Balaban J connectivity index is 2.36. The molecule has 0 spiro atoms. The molecule has 0 heterocycles. The van der Waals surface area contributed by atoms with Crippen molar-refractivity contribution in [2.24, 2.45) is 0 Å². The van der Waals surface area contributed by atoms with Crippen LogP contribution < -0.4 is 0 Å². The van der Waals surface area contributed by atoms with E-state index < -0.39 is 17.4 Å². The van der Waals surface area contributed by atoms with Gasteiger partial charge in [0.05, 0.1) is 5.54 Å². The fraction of sp³-hybridized carbons (Fsp3) is 0.320. The van der Waals surface area contributed by atoms with Crippen molar-refractivity contribution in [3.05, 3.63) is 81.9 Å². The highest BCUT2D eigenvalue weighted by atomic mass is 35.5. The van der Waals surface area contributed by atoms with Crippen molar-refractivity contribution in [2.75, 3.05) is 0 Å². The first-order chi connectivity index (χ1) is 14.3. The highest BCUT2D eigenvalue weighted by Crippen LogP contribution is 2.24. The zero-order chi connectivity index (χ0) is 23.5. The third-order valence-electron chi connectivity index (χ3n) is 4.99. The van der Waals surface area contributed by atoms with Crippen molar-refractivity contribution >= 4 is 29.4 Å². The summed E-state index contributed by atoms with van der Waals surface area (Å²) in [5.41, 5.74) is 3.06. The largest absolute Gasteiger partial charge is 0.289 e. The average Bonchev–Trinajstić information content (AvgIpc) is 2.68. The first-order valence-corrected chi connectivity index (χ1v) is 10.4. The first-order valence-electron chi connectivity index (χ1n) is 10.0. The van der Waals surface area contributed by atoms with Gasteiger partial charge < -0.3 is 0 Å². The summed E-state index contributed by atoms with van der Waals surface area (Å²) in [6, 6.07) is 12.5. The zero-order valence-corrected chi connectivity index (χ0v) is 19.9. The molecule has 0 saturated heterocycles. The summed E-state index contributed by atoms with van der Waals surface area (Å²) < 4.78 is 0.771. The molecule has 6 heteroatoms. The topological polar surface area (TPSA) is 57.7 Å². The number of allylic oxidation sites excluding steroid dienone is 1. The number of amides is 2. The summed E-state index contributed by atoms with van der Waals surface area (Å²) in [6.07, 6.45) is 1.26. The number of hydrogen-bond donors (Lipinski definition) is 0. The van der Waals surface area contributed by atoms with Crippen LogP contribution in [0.3, 0.4) is 0 Å². The summed E-state index contributed by atoms with van der Waals surface area (Å²) in [7, 11) is 0. The van der Waals surface area contributed by atoms with Gasteiger partial charge >= 0.3 is 0 Å². The van der Waals surface area contributed by atoms with Gasteiger partial charge in [0.1, 0.15) is 0 Å². The van der Waals surface area contributed by atoms with Crippen LogP contribution >= 0.6 is 11.8 Å². The summed E-state index contributed by atoms with van der Waals surface area (Å²) >= 11 is 6.38. The quantitative estimate of drug-likeness (QED) is 0.270. The van der Waals surface area contributed by atoms with Gasteiger partial charge in [-0.15, -0.1) is 0 Å². The number of benzene rings is 2. The van der Waals surface area contributed by atoms with E-state index in [-0.39, 0.29) is 11.4 Å². The maximum absolute atomic E-state index is 13.2. The molecule has 2 aromatic rings. The number of ketones is 1. The van der Waals surface area contributed by atoms with Crippen LogP contribution in [0.25, 0.3) is 0 Å². The lowest BCUT2D eigenvalue weighted by Gasteiger charge is -2.39. The van der Waals surface area contributed by atoms with Crippen LogP contribution in [-0.2, 0) is 4.79 Å². The van der Waals surface area contributed by atoms with Gasteiger partial charge in [0, 0.05) is 28.5 Å². The molecule has 0 aromatic heterocycles. The predicted molar refractivity (Wildman–Crippen MR) is 124 cm³/mol. The van der Waals surface area contributed by atoms with Crippen molar-refractivity contribution in [1.82, 2.24) is 9.54 Å². The first kappa shape index (κ1) is 24.4. The highest BCUT2D eigenvalue weighted by molar-refractivity contribution is 6.25. The molecule has 2 aromatic carbocycles. The predicted octanol–water partition coefficient (Wildman–Crippen LogP) is 5.58. The van der Waals surface area contributed by atoms with Crippen molar-refractivity contribution in [3.63, 3.8) is 0 Å². The molecule has 31 heavy (non-hydrogen) atoms. The van der Waals surface area contributed by atoms with Crippen LogP contribution in [0.1, 0.15) is 65.1 Å². The molecule has 0 saturated carbocycles. The van der Waals surface area contributed by atoms with E-state index in [2.05, 4.69) is 0 Å². The molecular formula is C25H29ClN2O3. The van der Waals surface area contributed by atoms with E-state index >= 15 is 0 Å². The Labute approximate surface area is 189 Å². The summed E-state index contributed by atoms with van der Waals surface area (Å²) in [6.45, 7) is 12.5. The Kier molecular flexibility index (Phi) is 7.45. The summed E-state index contributed by atoms with van der Waals surface area (Å²) in [5, 5.41) is 1.20. The standard InChI is InChI=1S/C25H29ClN2O3/c1-16-10-8-12-20(14-16)24(31)27(25(5,6)7)28(26)23(30)18(3)15-22(29)21-13-9-11-17(2)19(21)4/h8-15H,1-7H3. The smallest absolute Gasteiger partial charge is 0.283 e. The van der Waals surface area contributed by atoms with E-state index in [0.29, 0.717) is 11.1 Å². The molecule has 0 radical (unpaired) electrons. The third-order valence-corrected chi connectivity index (χ3v) is 5.30. The number of nitrogens with zero attached hydrogens (tertiary/aromatic N) is 2. The number of aryl methyl sites for hydroxylation is 2. The fourth-order valence-corrected chi connectivity index (χ4v) is 3.57. The Morgan fingerprint density at radius 3 is 2.16 bits per heavy atom. The number of hydrogen-bond acceptors (Lipinski definition) is 3. The van der Waals surface area contributed by atoms with E-state index in [4.69, 9.17) is 11.8 Å². The normalized spacial score (nSPS) is 11.8. The van der Waals surface area contributed by atoms with Crippen molar-refractivity contribution in [2.45, 2.75) is 54.0 Å². The van der Waals surface area contributed by atoms with Gasteiger partial charge in [-0.1, -0.05) is 35.9 Å². The van der Waals surface area contributed by atoms with E-state index in [0.717, 1.165) is 21.2 Å². The molecule has 0 atom stereocenters. The molecule has 2 rings (SSSR count). The van der Waals surface area contributed by atoms with Gasteiger partial charge in [-0.3, -0.25) is 14.4 Å². The molecule has 0 aliphatic heterocycles. The molecule has 164 valence electrons. The monoisotopic (exact) mass is 440 g/mol. The number of carbonyl (C=O) groups excluding carboxylic acids is 3. The molecule has 0 fully saturated rings. The number of rotatable bonds is 4. The molecule has 0 aliphatic rings. The average molecular weight is 441 g/mol. The molecular weight excluding hydrogens is 412 g/mol. The second-order valence-electron chi connectivity index (χ2n) is 8.66. The van der Waals surface area contributed by atoms with E-state index in [1.807, 2.05) is 32.9 Å². The fourth-order valence-electron chi connectivity index (χ4n) is 3.14. The van der Waals surface area contributed by atoms with E-state index in [1.54, 1.807) is 51.1 Å². The molecule has 0 N–H and O–H groups in total. The molecule has 5 nitrogen and oxygen atoms in total. The number of hydrazine groups is 1. The van der Waals surface area contributed by atoms with Crippen LogP contribution in [0.4, 0.5) is 0 Å². The van der Waals surface area contributed by atoms with Gasteiger partial charge in [0.25, 0.3) is 11.8 Å². The Hall–Kier alpha value is -2.92. The molecule has 2 amide bonds. The lowest BCUT2D eigenvalue weighted by Crippen LogP contribution is -2.54. The summed E-state index contributed by atoms with van der Waals surface area (Å²) in [4.78, 5) is 39.0. The second kappa shape index (κ2) is 9.48. The molecule has 0 unspecified atom stereocenters. The van der Waals surface area contributed by atoms with Gasteiger partial charge in [-0.25, -0.2) is 5.01 Å².